The van der Waals surface area contributed by atoms with E-state index in [1.165, 1.54) is 11.1 Å². The van der Waals surface area contributed by atoms with E-state index in [0.29, 0.717) is 23.5 Å². The van der Waals surface area contributed by atoms with Crippen molar-refractivity contribution in [2.45, 2.75) is 57.1 Å². The van der Waals surface area contributed by atoms with Gasteiger partial charge in [-0.3, -0.25) is 4.79 Å². The first kappa shape index (κ1) is 16.6. The number of fused-ring (bicyclic) bond motifs is 5. The van der Waals surface area contributed by atoms with E-state index in [-0.39, 0.29) is 11.2 Å². The topological polar surface area (TPSA) is 51.2 Å². The number of carbonyl (C=O) groups is 1. The Kier molecular flexibility index (Phi) is 3.85. The molecule has 1 aromatic rings. The zero-order valence-corrected chi connectivity index (χ0v) is 15.5. The third kappa shape index (κ3) is 2.62. The van der Waals surface area contributed by atoms with Gasteiger partial charge in [0, 0.05) is 22.5 Å². The number of hydrogen-bond acceptors (Lipinski definition) is 3. The molecule has 0 radical (unpaired) electrons. The number of hydrogen-bond donors (Lipinski definition) is 0. The first-order chi connectivity index (χ1) is 11.3. The Labute approximate surface area is 148 Å². The summed E-state index contributed by atoms with van der Waals surface area (Å²) >= 11 is 0. The molecule has 3 aliphatic rings. The molecule has 3 aliphatic carbocycles. The third-order valence-electron chi connectivity index (χ3n) is 6.84. The van der Waals surface area contributed by atoms with Gasteiger partial charge in [0.1, 0.15) is 5.78 Å². The Balaban J connectivity index is 1.65. The lowest BCUT2D eigenvalue weighted by atomic mass is 9.55. The van der Waals surface area contributed by atoms with Gasteiger partial charge >= 0.3 is 0 Å². The Morgan fingerprint density at radius 3 is 2.75 bits per heavy atom. The van der Waals surface area contributed by atoms with E-state index in [4.69, 9.17) is 10.7 Å². The van der Waals surface area contributed by atoms with Gasteiger partial charge in [0.05, 0.1) is 5.75 Å². The van der Waals surface area contributed by atoms with Gasteiger partial charge in [0.2, 0.25) is 9.05 Å². The maximum atomic E-state index is 12.4. The van der Waals surface area contributed by atoms with E-state index in [9.17, 15) is 13.2 Å². The van der Waals surface area contributed by atoms with E-state index >= 15 is 0 Å². The van der Waals surface area contributed by atoms with Crippen LogP contribution in [0.5, 0.6) is 0 Å². The molecule has 130 valence electrons. The van der Waals surface area contributed by atoms with Crippen molar-refractivity contribution < 1.29 is 13.2 Å². The van der Waals surface area contributed by atoms with Crippen LogP contribution in [0.3, 0.4) is 0 Å². The maximum absolute atomic E-state index is 12.4. The van der Waals surface area contributed by atoms with Crippen molar-refractivity contribution in [1.29, 1.82) is 0 Å². The molecule has 0 saturated heterocycles. The SMILES string of the molecule is C[C@]12CC[C@@H]3c4ccc(CS(=O)(=O)Cl)cc4CC[C@H]3[C@@H]1CCC2=O. The number of halogens is 1. The highest BCUT2D eigenvalue weighted by Crippen LogP contribution is 2.59. The number of ketones is 1. The first-order valence-corrected chi connectivity index (χ1v) is 11.3. The number of benzene rings is 1. The van der Waals surface area contributed by atoms with E-state index in [2.05, 4.69) is 13.0 Å². The molecule has 0 unspecified atom stereocenters. The van der Waals surface area contributed by atoms with Crippen LogP contribution in [-0.4, -0.2) is 14.2 Å². The summed E-state index contributed by atoms with van der Waals surface area (Å²) in [5, 5.41) is 0. The number of aryl methyl sites for hydroxylation is 1. The van der Waals surface area contributed by atoms with Gasteiger partial charge in [-0.2, -0.15) is 0 Å². The number of carbonyl (C=O) groups excluding carboxylic acids is 1. The molecule has 5 heteroatoms. The molecule has 0 amide bonds. The zero-order chi connectivity index (χ0) is 17.1. The van der Waals surface area contributed by atoms with Crippen molar-refractivity contribution >= 4 is 25.5 Å². The van der Waals surface area contributed by atoms with Crippen LogP contribution in [0.25, 0.3) is 0 Å². The lowest BCUT2D eigenvalue weighted by Gasteiger charge is -2.48. The van der Waals surface area contributed by atoms with E-state index in [0.717, 1.165) is 44.1 Å². The largest absolute Gasteiger partial charge is 0.299 e. The quantitative estimate of drug-likeness (QED) is 0.738. The average molecular weight is 367 g/mol. The minimum absolute atomic E-state index is 0.0920. The van der Waals surface area contributed by atoms with Crippen molar-refractivity contribution in [1.82, 2.24) is 0 Å². The summed E-state index contributed by atoms with van der Waals surface area (Å²) in [5.41, 5.74) is 3.34. The molecule has 4 atom stereocenters. The molecule has 0 aliphatic heterocycles. The van der Waals surface area contributed by atoms with E-state index < -0.39 is 9.05 Å². The molecule has 1 aromatic carbocycles. The van der Waals surface area contributed by atoms with Crippen molar-refractivity contribution in [3.8, 4) is 0 Å². The summed E-state index contributed by atoms with van der Waals surface area (Å²) in [7, 11) is 1.87. The summed E-state index contributed by atoms with van der Waals surface area (Å²) in [6, 6.07) is 6.05. The first-order valence-electron chi connectivity index (χ1n) is 8.85. The van der Waals surface area contributed by atoms with Gasteiger partial charge in [-0.25, -0.2) is 8.42 Å². The maximum Gasteiger partial charge on any atom is 0.236 e. The van der Waals surface area contributed by atoms with Crippen molar-refractivity contribution in [3.63, 3.8) is 0 Å². The highest BCUT2D eigenvalue weighted by atomic mass is 35.7. The van der Waals surface area contributed by atoms with Crippen LogP contribution in [-0.2, 0) is 26.0 Å². The normalized spacial score (nSPS) is 35.2. The van der Waals surface area contributed by atoms with Crippen LogP contribution in [0, 0.1) is 17.3 Å². The van der Waals surface area contributed by atoms with Gasteiger partial charge in [-0.1, -0.05) is 25.1 Å². The summed E-state index contributed by atoms with van der Waals surface area (Å²) in [5.74, 6) is 2.02. The summed E-state index contributed by atoms with van der Waals surface area (Å²) < 4.78 is 22.6. The van der Waals surface area contributed by atoms with Crippen LogP contribution in [0.15, 0.2) is 18.2 Å². The lowest BCUT2D eigenvalue weighted by Crippen LogP contribution is -2.42. The van der Waals surface area contributed by atoms with Gasteiger partial charge in [-0.05, 0) is 66.5 Å². The number of Topliss-reactive ketones (excluding diaryl/α,β-unsaturated/α-hetero) is 1. The molecule has 0 spiro atoms. The molecule has 0 heterocycles. The lowest BCUT2D eigenvalue weighted by molar-refractivity contribution is -0.129. The summed E-state index contributed by atoms with van der Waals surface area (Å²) in [6.07, 6.45) is 5.96. The smallest absolute Gasteiger partial charge is 0.236 e. The van der Waals surface area contributed by atoms with Crippen LogP contribution in [0.2, 0.25) is 0 Å². The van der Waals surface area contributed by atoms with Crippen LogP contribution in [0.4, 0.5) is 0 Å². The Bertz CT molecular complexity index is 801. The molecule has 2 saturated carbocycles. The zero-order valence-electron chi connectivity index (χ0n) is 13.9. The van der Waals surface area contributed by atoms with Gasteiger partial charge in [0.15, 0.2) is 0 Å². The Morgan fingerprint density at radius 1 is 1.21 bits per heavy atom. The predicted molar refractivity (Wildman–Crippen MR) is 94.5 cm³/mol. The fraction of sp³-hybridized carbons (Fsp3) is 0.632. The standard InChI is InChI=1S/C19H23ClO3S/c1-19-9-8-15-14-4-2-12(11-24(20,22)23)10-13(14)3-5-16(15)17(19)6-7-18(19)21/h2,4,10,15-17H,3,5-9,11H2,1H3/t15-,16-,17+,19+/m1/s1. The molecular weight excluding hydrogens is 344 g/mol. The van der Waals surface area contributed by atoms with Crippen molar-refractivity contribution in [2.24, 2.45) is 17.3 Å². The molecule has 3 nitrogen and oxygen atoms in total. The third-order valence-corrected chi connectivity index (χ3v) is 7.84. The molecule has 24 heavy (non-hydrogen) atoms. The highest BCUT2D eigenvalue weighted by molar-refractivity contribution is 8.13. The second-order valence-corrected chi connectivity index (χ2v) is 10.8. The van der Waals surface area contributed by atoms with Crippen molar-refractivity contribution in [3.05, 3.63) is 34.9 Å². The van der Waals surface area contributed by atoms with Crippen LogP contribution >= 0.6 is 10.7 Å². The molecule has 4 rings (SSSR count). The Morgan fingerprint density at radius 2 is 2.00 bits per heavy atom. The molecule has 0 aromatic heterocycles. The molecule has 0 bridgehead atoms. The predicted octanol–water partition coefficient (Wildman–Crippen LogP) is 4.18. The van der Waals surface area contributed by atoms with Gasteiger partial charge in [-0.15, -0.1) is 0 Å². The van der Waals surface area contributed by atoms with E-state index in [1.54, 1.807) is 0 Å². The monoisotopic (exact) mass is 366 g/mol. The number of rotatable bonds is 2. The van der Waals surface area contributed by atoms with Crippen molar-refractivity contribution in [2.75, 3.05) is 0 Å². The minimum atomic E-state index is -3.52. The van der Waals surface area contributed by atoms with Gasteiger partial charge in [0.25, 0.3) is 0 Å². The second kappa shape index (κ2) is 5.57. The molecule has 2 fully saturated rings. The molecular formula is C19H23ClO3S. The summed E-state index contributed by atoms with van der Waals surface area (Å²) in [6.45, 7) is 2.19. The fourth-order valence-corrected chi connectivity index (χ4v) is 6.65. The molecule has 0 N–H and O–H groups in total. The van der Waals surface area contributed by atoms with Gasteiger partial charge < -0.3 is 0 Å². The summed E-state index contributed by atoms with van der Waals surface area (Å²) in [4.78, 5) is 12.4. The minimum Gasteiger partial charge on any atom is -0.299 e. The van der Waals surface area contributed by atoms with Crippen LogP contribution in [0.1, 0.15) is 61.6 Å². The average Bonchev–Trinajstić information content (AvgIpc) is 2.81. The fourth-order valence-electron chi connectivity index (χ4n) is 5.70. The van der Waals surface area contributed by atoms with Crippen LogP contribution < -0.4 is 0 Å². The second-order valence-electron chi connectivity index (χ2n) is 8.05. The van der Waals surface area contributed by atoms with E-state index in [1.807, 2.05) is 12.1 Å². The Hall–Kier alpha value is -0.870. The highest BCUT2D eigenvalue weighted by Gasteiger charge is 2.54.